The molecule has 0 aliphatic rings. The van der Waals surface area contributed by atoms with E-state index in [1.165, 1.54) is 17.0 Å². The largest absolute Gasteiger partial charge is 0.457 e. The molecule has 0 bridgehead atoms. The second-order valence-electron chi connectivity index (χ2n) is 11.0. The first-order valence-corrected chi connectivity index (χ1v) is 17.0. The van der Waals surface area contributed by atoms with Gasteiger partial charge >= 0.3 is 0 Å². The summed E-state index contributed by atoms with van der Waals surface area (Å²) in [6.45, 7) is 6.71. The van der Waals surface area contributed by atoms with Crippen LogP contribution in [0.4, 0.5) is 5.69 Å². The van der Waals surface area contributed by atoms with E-state index in [2.05, 4.69) is 5.32 Å². The maximum atomic E-state index is 14.2. The van der Waals surface area contributed by atoms with Gasteiger partial charge < -0.3 is 15.0 Å². The number of nitrogens with zero attached hydrogens (tertiary/aromatic N) is 2. The van der Waals surface area contributed by atoms with E-state index in [1.54, 1.807) is 61.5 Å². The molecule has 0 aliphatic carbocycles. The summed E-state index contributed by atoms with van der Waals surface area (Å²) in [4.78, 5) is 28.8. The van der Waals surface area contributed by atoms with Crippen LogP contribution in [0.3, 0.4) is 0 Å². The van der Waals surface area contributed by atoms with Gasteiger partial charge in [-0.2, -0.15) is 0 Å². The Morgan fingerprint density at radius 3 is 2.09 bits per heavy atom. The highest BCUT2D eigenvalue weighted by Gasteiger charge is 2.33. The van der Waals surface area contributed by atoms with Crippen LogP contribution in [0, 0.1) is 6.92 Å². The monoisotopic (exact) mass is 681 g/mol. The van der Waals surface area contributed by atoms with Crippen LogP contribution in [0.15, 0.2) is 102 Å². The van der Waals surface area contributed by atoms with Crippen LogP contribution in [-0.4, -0.2) is 43.8 Å². The minimum absolute atomic E-state index is 0.00686. The van der Waals surface area contributed by atoms with Crippen molar-refractivity contribution in [2.45, 2.75) is 57.6 Å². The van der Waals surface area contributed by atoms with Crippen molar-refractivity contribution in [2.24, 2.45) is 0 Å². The van der Waals surface area contributed by atoms with E-state index in [-0.39, 0.29) is 29.1 Å². The highest BCUT2D eigenvalue weighted by molar-refractivity contribution is 7.92. The van der Waals surface area contributed by atoms with Crippen LogP contribution in [0.2, 0.25) is 10.0 Å². The van der Waals surface area contributed by atoms with E-state index < -0.39 is 28.5 Å². The lowest BCUT2D eigenvalue weighted by Crippen LogP contribution is -2.52. The summed E-state index contributed by atoms with van der Waals surface area (Å²) in [5, 5.41) is 3.56. The van der Waals surface area contributed by atoms with E-state index in [4.69, 9.17) is 27.9 Å². The average molecular weight is 683 g/mol. The molecule has 0 unspecified atom stereocenters. The molecule has 0 saturated heterocycles. The first-order chi connectivity index (χ1) is 21.9. The number of anilines is 1. The summed E-state index contributed by atoms with van der Waals surface area (Å²) in [6.07, 6.45) is 0.700. The Balaban J connectivity index is 1.71. The van der Waals surface area contributed by atoms with Gasteiger partial charge in [-0.3, -0.25) is 13.9 Å². The third kappa shape index (κ3) is 8.81. The number of sulfonamides is 1. The Labute approximate surface area is 280 Å². The predicted molar refractivity (Wildman–Crippen MR) is 183 cm³/mol. The minimum Gasteiger partial charge on any atom is -0.457 e. The molecule has 4 rings (SSSR count). The van der Waals surface area contributed by atoms with Crippen LogP contribution >= 0.6 is 23.2 Å². The number of aryl methyl sites for hydroxylation is 1. The van der Waals surface area contributed by atoms with Crippen LogP contribution < -0.4 is 14.4 Å². The molecule has 2 amide bonds. The summed E-state index contributed by atoms with van der Waals surface area (Å²) in [6, 6.07) is 25.9. The highest BCUT2D eigenvalue weighted by Crippen LogP contribution is 2.29. The summed E-state index contributed by atoms with van der Waals surface area (Å²) in [5.74, 6) is 0.166. The Bertz CT molecular complexity index is 1750. The van der Waals surface area contributed by atoms with Gasteiger partial charge in [0.15, 0.2) is 0 Å². The van der Waals surface area contributed by atoms with Crippen LogP contribution in [0.1, 0.15) is 38.3 Å². The van der Waals surface area contributed by atoms with Gasteiger partial charge in [0.2, 0.25) is 11.8 Å². The Morgan fingerprint density at radius 2 is 1.48 bits per heavy atom. The van der Waals surface area contributed by atoms with Gasteiger partial charge in [0, 0.05) is 12.6 Å². The number of halogens is 2. The molecule has 0 saturated carbocycles. The zero-order valence-corrected chi connectivity index (χ0v) is 28.4. The van der Waals surface area contributed by atoms with Crippen LogP contribution in [0.25, 0.3) is 0 Å². The Kier molecular flexibility index (Phi) is 11.7. The normalized spacial score (nSPS) is 12.6. The molecule has 0 radical (unpaired) electrons. The van der Waals surface area contributed by atoms with Gasteiger partial charge in [0.25, 0.3) is 10.0 Å². The number of hydrogen-bond acceptors (Lipinski definition) is 5. The van der Waals surface area contributed by atoms with Crippen LogP contribution in [-0.2, 0) is 26.2 Å². The fraction of sp³-hybridized carbons (Fsp3) is 0.257. The molecule has 0 fully saturated rings. The topological polar surface area (TPSA) is 96.0 Å². The number of amides is 2. The van der Waals surface area contributed by atoms with Crippen molar-refractivity contribution in [3.05, 3.63) is 118 Å². The number of rotatable bonds is 13. The van der Waals surface area contributed by atoms with Crippen molar-refractivity contribution in [2.75, 3.05) is 10.8 Å². The summed E-state index contributed by atoms with van der Waals surface area (Å²) >= 11 is 12.4. The quantitative estimate of drug-likeness (QED) is 0.157. The molecule has 0 aromatic heterocycles. The van der Waals surface area contributed by atoms with Gasteiger partial charge in [0.1, 0.15) is 24.1 Å². The zero-order valence-electron chi connectivity index (χ0n) is 26.1. The number of hydrogen-bond donors (Lipinski definition) is 1. The smallest absolute Gasteiger partial charge is 0.264 e. The van der Waals surface area contributed by atoms with E-state index in [0.29, 0.717) is 33.5 Å². The van der Waals surface area contributed by atoms with Crippen molar-refractivity contribution < 1.29 is 22.7 Å². The van der Waals surface area contributed by atoms with E-state index in [0.717, 1.165) is 9.87 Å². The summed E-state index contributed by atoms with van der Waals surface area (Å²) in [7, 11) is -4.22. The first-order valence-electron chi connectivity index (χ1n) is 14.8. The lowest BCUT2D eigenvalue weighted by Gasteiger charge is -2.32. The zero-order chi connectivity index (χ0) is 33.4. The van der Waals surface area contributed by atoms with E-state index in [1.807, 2.05) is 51.1 Å². The molecular formula is C35H37Cl2N3O5S. The lowest BCUT2D eigenvalue weighted by atomic mass is 10.1. The molecule has 46 heavy (non-hydrogen) atoms. The van der Waals surface area contributed by atoms with E-state index >= 15 is 0 Å². The minimum atomic E-state index is -4.22. The molecule has 242 valence electrons. The third-order valence-corrected chi connectivity index (χ3v) is 10.0. The number of ether oxygens (including phenoxy) is 1. The van der Waals surface area contributed by atoms with Crippen molar-refractivity contribution in [3.8, 4) is 11.5 Å². The lowest BCUT2D eigenvalue weighted by molar-refractivity contribution is -0.139. The van der Waals surface area contributed by atoms with Gasteiger partial charge in [-0.25, -0.2) is 8.42 Å². The first kappa shape index (κ1) is 34.8. The Hall–Kier alpha value is -4.05. The van der Waals surface area contributed by atoms with Crippen molar-refractivity contribution in [3.63, 3.8) is 0 Å². The van der Waals surface area contributed by atoms with Gasteiger partial charge in [-0.05, 0) is 93.4 Å². The number of benzene rings is 4. The fourth-order valence-corrected chi connectivity index (χ4v) is 6.29. The number of para-hydroxylation sites is 1. The third-order valence-electron chi connectivity index (χ3n) is 7.50. The van der Waals surface area contributed by atoms with Crippen molar-refractivity contribution in [1.29, 1.82) is 0 Å². The van der Waals surface area contributed by atoms with Gasteiger partial charge in [-0.15, -0.1) is 0 Å². The molecule has 4 aromatic rings. The second-order valence-corrected chi connectivity index (χ2v) is 13.7. The van der Waals surface area contributed by atoms with E-state index in [9.17, 15) is 18.0 Å². The van der Waals surface area contributed by atoms with Crippen molar-refractivity contribution in [1.82, 2.24) is 10.2 Å². The molecular weight excluding hydrogens is 645 g/mol. The number of carbonyl (C=O) groups is 2. The van der Waals surface area contributed by atoms with Crippen molar-refractivity contribution >= 4 is 50.7 Å². The molecule has 0 spiro atoms. The fourth-order valence-electron chi connectivity index (χ4n) is 4.55. The molecule has 2 atom stereocenters. The highest BCUT2D eigenvalue weighted by atomic mass is 35.5. The second kappa shape index (κ2) is 15.5. The van der Waals surface area contributed by atoms with Gasteiger partial charge in [0.05, 0.1) is 20.6 Å². The summed E-state index contributed by atoms with van der Waals surface area (Å²) in [5.41, 5.74) is 1.76. The van der Waals surface area contributed by atoms with Crippen LogP contribution in [0.5, 0.6) is 11.5 Å². The molecule has 0 heterocycles. The molecule has 0 aliphatic heterocycles. The average Bonchev–Trinajstić information content (AvgIpc) is 3.04. The number of carbonyl (C=O) groups excluding carboxylic acids is 2. The predicted octanol–water partition coefficient (Wildman–Crippen LogP) is 7.62. The SMILES string of the molecule is CC[C@H](C)NC(=O)[C@@H](C)N(Cc1ccc(Cl)c(Cl)c1)C(=O)CN(c1ccc(Oc2ccccc2)cc1)S(=O)(=O)c1ccc(C)cc1. The molecule has 8 nitrogen and oxygen atoms in total. The standard InChI is InChI=1S/C35H37Cl2N3O5S/c1-5-25(3)38-35(42)26(4)39(22-27-13-20-32(36)33(37)21-27)34(41)23-40(46(43,44)31-18-11-24(2)12-19-31)28-14-16-30(17-15-28)45-29-9-7-6-8-10-29/h6-21,25-26H,5,22-23H2,1-4H3,(H,38,42)/t25-,26+/m0/s1. The maximum absolute atomic E-state index is 14.2. The van der Waals surface area contributed by atoms with Gasteiger partial charge in [-0.1, -0.05) is 72.1 Å². The summed E-state index contributed by atoms with van der Waals surface area (Å²) < 4.78 is 35.2. The Morgan fingerprint density at radius 1 is 0.848 bits per heavy atom. The molecule has 1 N–H and O–H groups in total. The maximum Gasteiger partial charge on any atom is 0.264 e. The number of nitrogens with one attached hydrogen (secondary N) is 1. The molecule has 4 aromatic carbocycles. The molecule has 11 heteroatoms.